The average Bonchev–Trinajstić information content (AvgIpc) is 3.00. The van der Waals surface area contributed by atoms with Gasteiger partial charge in [-0.3, -0.25) is 0 Å². The largest absolute Gasteiger partial charge is 0.0622 e. The fourth-order valence-electron chi connectivity index (χ4n) is 6.31. The van der Waals surface area contributed by atoms with Crippen molar-refractivity contribution in [1.82, 2.24) is 0 Å². The van der Waals surface area contributed by atoms with Crippen LogP contribution in [0.15, 0.2) is 146 Å². The van der Waals surface area contributed by atoms with Gasteiger partial charge in [0, 0.05) is 0 Å². The van der Waals surface area contributed by atoms with Crippen molar-refractivity contribution in [3.63, 3.8) is 0 Å². The summed E-state index contributed by atoms with van der Waals surface area (Å²) >= 11 is 0. The van der Waals surface area contributed by atoms with E-state index in [1.54, 1.807) is 0 Å². The van der Waals surface area contributed by atoms with Gasteiger partial charge in [0.1, 0.15) is 0 Å². The van der Waals surface area contributed by atoms with Crippen molar-refractivity contribution in [1.29, 1.82) is 0 Å². The summed E-state index contributed by atoms with van der Waals surface area (Å²) in [6.45, 7) is 0. The zero-order chi connectivity index (χ0) is 25.1. The molecule has 0 fully saturated rings. The molecule has 0 spiro atoms. The minimum atomic E-state index is 1.25. The van der Waals surface area contributed by atoms with Crippen LogP contribution in [0, 0.1) is 0 Å². The maximum atomic E-state index is 2.38. The molecule has 176 valence electrons. The molecular weight excluding hydrogens is 456 g/mol. The van der Waals surface area contributed by atoms with E-state index in [0.29, 0.717) is 0 Å². The maximum Gasteiger partial charge on any atom is -0.00139 e. The fourth-order valence-corrected chi connectivity index (χ4v) is 6.31. The summed E-state index contributed by atoms with van der Waals surface area (Å²) in [4.78, 5) is 0. The summed E-state index contributed by atoms with van der Waals surface area (Å²) in [5.74, 6) is 0. The van der Waals surface area contributed by atoms with E-state index in [4.69, 9.17) is 0 Å². The molecule has 0 N–H and O–H groups in total. The van der Waals surface area contributed by atoms with Gasteiger partial charge in [0.05, 0.1) is 0 Å². The minimum Gasteiger partial charge on any atom is -0.0622 e. The van der Waals surface area contributed by atoms with Crippen LogP contribution in [-0.4, -0.2) is 0 Å². The highest BCUT2D eigenvalue weighted by molar-refractivity contribution is 6.33. The monoisotopic (exact) mass is 480 g/mol. The van der Waals surface area contributed by atoms with Crippen molar-refractivity contribution in [2.24, 2.45) is 0 Å². The molecule has 0 aliphatic heterocycles. The number of benzene rings is 8. The van der Waals surface area contributed by atoms with Gasteiger partial charge in [-0.25, -0.2) is 0 Å². The third kappa shape index (κ3) is 3.11. The first-order valence-electron chi connectivity index (χ1n) is 13.2. The summed E-state index contributed by atoms with van der Waals surface area (Å²) in [5.41, 5.74) is 5.05. The quantitative estimate of drug-likeness (QED) is 0.216. The first kappa shape index (κ1) is 21.2. The van der Waals surface area contributed by atoms with Crippen LogP contribution in [0.1, 0.15) is 0 Å². The Kier molecular flexibility index (Phi) is 4.62. The van der Waals surface area contributed by atoms with E-state index in [9.17, 15) is 0 Å². The van der Waals surface area contributed by atoms with Crippen molar-refractivity contribution in [2.45, 2.75) is 0 Å². The Balaban J connectivity index is 1.69. The normalized spacial score (nSPS) is 11.7. The number of rotatable bonds is 2. The third-order valence-electron chi connectivity index (χ3n) is 8.00. The van der Waals surface area contributed by atoms with Gasteiger partial charge in [-0.15, -0.1) is 0 Å². The topological polar surface area (TPSA) is 0 Å². The van der Waals surface area contributed by atoms with Crippen LogP contribution in [0.5, 0.6) is 0 Å². The average molecular weight is 481 g/mol. The van der Waals surface area contributed by atoms with Gasteiger partial charge in [0.25, 0.3) is 0 Å². The van der Waals surface area contributed by atoms with Gasteiger partial charge < -0.3 is 0 Å². The Morgan fingerprint density at radius 2 is 0.684 bits per heavy atom. The Morgan fingerprint density at radius 3 is 1.16 bits per heavy atom. The van der Waals surface area contributed by atoms with Crippen LogP contribution in [-0.2, 0) is 0 Å². The zero-order valence-corrected chi connectivity index (χ0v) is 20.9. The van der Waals surface area contributed by atoms with E-state index in [2.05, 4.69) is 146 Å². The van der Waals surface area contributed by atoms with Crippen molar-refractivity contribution < 1.29 is 0 Å². The number of hydrogen-bond donors (Lipinski definition) is 0. The summed E-state index contributed by atoms with van der Waals surface area (Å²) in [5, 5.41) is 13.0. The molecule has 0 bridgehead atoms. The Morgan fingerprint density at radius 1 is 0.263 bits per heavy atom. The minimum absolute atomic E-state index is 1.25. The van der Waals surface area contributed by atoms with Crippen molar-refractivity contribution in [3.05, 3.63) is 146 Å². The summed E-state index contributed by atoms with van der Waals surface area (Å²) in [6.07, 6.45) is 0. The second kappa shape index (κ2) is 8.30. The lowest BCUT2D eigenvalue weighted by Gasteiger charge is -2.18. The molecule has 0 saturated heterocycles. The van der Waals surface area contributed by atoms with Crippen molar-refractivity contribution in [2.75, 3.05) is 0 Å². The molecule has 8 aromatic carbocycles. The lowest BCUT2D eigenvalue weighted by molar-refractivity contribution is 1.67. The van der Waals surface area contributed by atoms with Crippen molar-refractivity contribution in [3.8, 4) is 22.3 Å². The molecule has 0 nitrogen and oxygen atoms in total. The molecule has 0 radical (unpaired) electrons. The summed E-state index contributed by atoms with van der Waals surface area (Å²) in [6, 6.07) is 53.3. The van der Waals surface area contributed by atoms with Crippen LogP contribution in [0.3, 0.4) is 0 Å². The number of hydrogen-bond acceptors (Lipinski definition) is 0. The Labute approximate surface area is 221 Å². The molecule has 0 saturated carbocycles. The summed E-state index contributed by atoms with van der Waals surface area (Å²) in [7, 11) is 0. The lowest BCUT2D eigenvalue weighted by Crippen LogP contribution is -1.91. The van der Waals surface area contributed by atoms with Gasteiger partial charge in [-0.1, -0.05) is 133 Å². The molecular formula is C38H24. The molecule has 0 aliphatic carbocycles. The summed E-state index contributed by atoms with van der Waals surface area (Å²) < 4.78 is 0. The first-order valence-corrected chi connectivity index (χ1v) is 13.2. The Bertz CT molecular complexity index is 2000. The predicted octanol–water partition coefficient (Wildman–Crippen LogP) is 10.8. The SMILES string of the molecule is c1ccc(-c2cc3ccccc3c3ccc4ccc5c6ccccc6cc(-c6ccccc6)c5c4c23)cc1. The van der Waals surface area contributed by atoms with Crippen LogP contribution in [0.2, 0.25) is 0 Å². The van der Waals surface area contributed by atoms with Crippen LogP contribution < -0.4 is 0 Å². The van der Waals surface area contributed by atoms with Crippen LogP contribution in [0.4, 0.5) is 0 Å². The second-order valence-corrected chi connectivity index (χ2v) is 10.1. The zero-order valence-electron chi connectivity index (χ0n) is 20.9. The van der Waals surface area contributed by atoms with Crippen LogP contribution >= 0.6 is 0 Å². The molecule has 0 atom stereocenters. The number of fused-ring (bicyclic) bond motifs is 9. The Hall–Kier alpha value is -4.94. The van der Waals surface area contributed by atoms with Gasteiger partial charge in [0.15, 0.2) is 0 Å². The molecule has 0 heteroatoms. The van der Waals surface area contributed by atoms with Gasteiger partial charge in [-0.05, 0) is 88.2 Å². The molecule has 8 aromatic rings. The predicted molar refractivity (Wildman–Crippen MR) is 165 cm³/mol. The van der Waals surface area contributed by atoms with Gasteiger partial charge in [0.2, 0.25) is 0 Å². The van der Waals surface area contributed by atoms with E-state index in [1.807, 2.05) is 0 Å². The molecule has 8 rings (SSSR count). The third-order valence-corrected chi connectivity index (χ3v) is 8.00. The first-order chi connectivity index (χ1) is 18.9. The molecule has 0 unspecified atom stereocenters. The standard InChI is InChI=1S/C38H24/c1-3-11-25(12-4-1)34-23-28-15-7-9-17-30(28)32-21-19-27-20-22-33-31-18-10-8-16-29(31)24-35(26-13-5-2-6-14-26)38(33)36(27)37(32)34/h1-24H. The molecule has 38 heavy (non-hydrogen) atoms. The van der Waals surface area contributed by atoms with Crippen molar-refractivity contribution >= 4 is 53.9 Å². The highest BCUT2D eigenvalue weighted by Gasteiger charge is 2.17. The van der Waals surface area contributed by atoms with Crippen LogP contribution in [0.25, 0.3) is 76.1 Å². The van der Waals surface area contributed by atoms with E-state index < -0.39 is 0 Å². The van der Waals surface area contributed by atoms with E-state index >= 15 is 0 Å². The highest BCUT2D eigenvalue weighted by Crippen LogP contribution is 2.45. The van der Waals surface area contributed by atoms with E-state index in [1.165, 1.54) is 76.1 Å². The molecule has 0 heterocycles. The van der Waals surface area contributed by atoms with E-state index in [0.717, 1.165) is 0 Å². The maximum absolute atomic E-state index is 2.38. The lowest BCUT2D eigenvalue weighted by atomic mass is 9.85. The second-order valence-electron chi connectivity index (χ2n) is 10.1. The fraction of sp³-hybridized carbons (Fsp3) is 0. The molecule has 0 amide bonds. The van der Waals surface area contributed by atoms with E-state index in [-0.39, 0.29) is 0 Å². The highest BCUT2D eigenvalue weighted by atomic mass is 14.2. The molecule has 0 aliphatic rings. The molecule has 0 aromatic heterocycles. The smallest absolute Gasteiger partial charge is 0.00139 e. The van der Waals surface area contributed by atoms with Gasteiger partial charge in [-0.2, -0.15) is 0 Å². The van der Waals surface area contributed by atoms with Gasteiger partial charge >= 0.3 is 0 Å².